The second kappa shape index (κ2) is 7.50. The number of aromatic nitrogens is 2. The Bertz CT molecular complexity index is 980. The van der Waals surface area contributed by atoms with Gasteiger partial charge >= 0.3 is 0 Å². The van der Waals surface area contributed by atoms with E-state index in [0.29, 0.717) is 42.6 Å². The Hall–Kier alpha value is -2.08. The molecule has 0 unspecified atom stereocenters. The van der Waals surface area contributed by atoms with Gasteiger partial charge in [-0.1, -0.05) is 41.4 Å². The molecule has 7 heteroatoms. The Kier molecular flexibility index (Phi) is 5.08. The van der Waals surface area contributed by atoms with Crippen LogP contribution in [-0.2, 0) is 21.5 Å². The first-order valence-corrected chi connectivity index (χ1v) is 9.58. The van der Waals surface area contributed by atoms with Crippen molar-refractivity contribution in [2.45, 2.75) is 24.8 Å². The van der Waals surface area contributed by atoms with Crippen LogP contribution in [0.5, 0.6) is 0 Å². The van der Waals surface area contributed by atoms with Crippen LogP contribution in [0.2, 0.25) is 10.0 Å². The van der Waals surface area contributed by atoms with E-state index in [-0.39, 0.29) is 5.91 Å². The maximum absolute atomic E-state index is 13.2. The molecule has 0 aliphatic carbocycles. The smallest absolute Gasteiger partial charge is 0.231 e. The Labute approximate surface area is 167 Å². The molecular formula is C20H19Cl2N3O2. The van der Waals surface area contributed by atoms with Crippen LogP contribution in [0.15, 0.2) is 48.8 Å². The Morgan fingerprint density at radius 3 is 2.70 bits per heavy atom. The van der Waals surface area contributed by atoms with Crippen molar-refractivity contribution in [3.63, 3.8) is 0 Å². The molecule has 1 saturated heterocycles. The number of fused-ring (bicyclic) bond motifs is 1. The Balaban J connectivity index is 1.57. The predicted molar refractivity (Wildman–Crippen MR) is 105 cm³/mol. The molecule has 1 fully saturated rings. The first-order valence-electron chi connectivity index (χ1n) is 8.83. The fourth-order valence-corrected chi connectivity index (χ4v) is 4.12. The van der Waals surface area contributed by atoms with E-state index in [9.17, 15) is 4.79 Å². The summed E-state index contributed by atoms with van der Waals surface area (Å²) in [6.07, 6.45) is 4.86. The lowest BCUT2D eigenvalue weighted by Gasteiger charge is -2.36. The average Bonchev–Trinajstić information content (AvgIpc) is 3.09. The van der Waals surface area contributed by atoms with Gasteiger partial charge in [0.1, 0.15) is 5.65 Å². The number of nitrogens with zero attached hydrogens (tertiary/aromatic N) is 2. The number of amides is 1. The molecular weight excluding hydrogens is 385 g/mol. The van der Waals surface area contributed by atoms with Crippen molar-refractivity contribution in [1.82, 2.24) is 14.7 Å². The lowest BCUT2D eigenvalue weighted by atomic mass is 9.73. The van der Waals surface area contributed by atoms with Crippen molar-refractivity contribution in [2.75, 3.05) is 13.2 Å². The fourth-order valence-electron chi connectivity index (χ4n) is 3.63. The molecule has 140 valence electrons. The van der Waals surface area contributed by atoms with Gasteiger partial charge in [-0.05, 0) is 36.6 Å². The summed E-state index contributed by atoms with van der Waals surface area (Å²) >= 11 is 12.4. The molecule has 0 bridgehead atoms. The van der Waals surface area contributed by atoms with E-state index in [4.69, 9.17) is 27.9 Å². The molecule has 1 aliphatic heterocycles. The number of pyridine rings is 1. The highest BCUT2D eigenvalue weighted by Crippen LogP contribution is 2.38. The molecule has 1 N–H and O–H groups in total. The third kappa shape index (κ3) is 3.55. The average molecular weight is 404 g/mol. The highest BCUT2D eigenvalue weighted by Gasteiger charge is 2.42. The van der Waals surface area contributed by atoms with Crippen molar-refractivity contribution in [3.8, 4) is 0 Å². The minimum Gasteiger partial charge on any atom is -0.381 e. The lowest BCUT2D eigenvalue weighted by molar-refractivity contribution is -0.130. The molecule has 2 aromatic heterocycles. The third-order valence-corrected chi connectivity index (χ3v) is 5.62. The number of imidazole rings is 1. The topological polar surface area (TPSA) is 55.6 Å². The standard InChI is InChI=1S/C20H19Cl2N3O2/c21-14-5-6-18-24-15(13-25(18)12-14)11-23-19(26)20(7-9-27-10-8-20)16-3-1-2-4-17(16)22/h1-6,12-13H,7-11H2,(H,23,26). The molecule has 0 atom stereocenters. The first-order chi connectivity index (χ1) is 13.1. The van der Waals surface area contributed by atoms with Gasteiger partial charge in [0.05, 0.1) is 22.7 Å². The van der Waals surface area contributed by atoms with Crippen LogP contribution in [0.1, 0.15) is 24.1 Å². The quantitative estimate of drug-likeness (QED) is 0.715. The third-order valence-electron chi connectivity index (χ3n) is 5.07. The van der Waals surface area contributed by atoms with Crippen molar-refractivity contribution in [1.29, 1.82) is 0 Å². The number of nitrogens with one attached hydrogen (secondary N) is 1. The van der Waals surface area contributed by atoms with Gasteiger partial charge in [-0.25, -0.2) is 4.98 Å². The number of carbonyl (C=O) groups excluding carboxylic acids is 1. The van der Waals surface area contributed by atoms with Crippen LogP contribution >= 0.6 is 23.2 Å². The van der Waals surface area contributed by atoms with Gasteiger partial charge in [-0.15, -0.1) is 0 Å². The minimum atomic E-state index is -0.681. The second-order valence-electron chi connectivity index (χ2n) is 6.70. The van der Waals surface area contributed by atoms with E-state index in [1.807, 2.05) is 40.9 Å². The number of halogens is 2. The van der Waals surface area contributed by atoms with Crippen molar-refractivity contribution < 1.29 is 9.53 Å². The Morgan fingerprint density at radius 1 is 1.15 bits per heavy atom. The maximum atomic E-state index is 13.2. The van der Waals surface area contributed by atoms with Gasteiger partial charge in [-0.3, -0.25) is 4.79 Å². The van der Waals surface area contributed by atoms with Crippen LogP contribution < -0.4 is 5.32 Å². The maximum Gasteiger partial charge on any atom is 0.231 e. The summed E-state index contributed by atoms with van der Waals surface area (Å²) in [5.41, 5.74) is 1.73. The molecule has 0 saturated carbocycles. The normalized spacial score (nSPS) is 16.4. The van der Waals surface area contributed by atoms with Crippen LogP contribution in [0.25, 0.3) is 5.65 Å². The summed E-state index contributed by atoms with van der Waals surface area (Å²) in [7, 11) is 0. The summed E-state index contributed by atoms with van der Waals surface area (Å²) in [6, 6.07) is 11.2. The van der Waals surface area contributed by atoms with Crippen molar-refractivity contribution >= 4 is 34.8 Å². The van der Waals surface area contributed by atoms with Crippen LogP contribution in [0.4, 0.5) is 0 Å². The molecule has 1 aliphatic rings. The number of hydrogen-bond acceptors (Lipinski definition) is 3. The summed E-state index contributed by atoms with van der Waals surface area (Å²) in [6.45, 7) is 1.40. The highest BCUT2D eigenvalue weighted by molar-refractivity contribution is 6.31. The number of carbonyl (C=O) groups is 1. The summed E-state index contributed by atoms with van der Waals surface area (Å²) in [5, 5.41) is 4.29. The zero-order chi connectivity index (χ0) is 18.9. The number of rotatable bonds is 4. The summed E-state index contributed by atoms with van der Waals surface area (Å²) < 4.78 is 7.35. The van der Waals surface area contributed by atoms with Crippen LogP contribution in [-0.4, -0.2) is 28.5 Å². The van der Waals surface area contributed by atoms with E-state index < -0.39 is 5.41 Å². The summed E-state index contributed by atoms with van der Waals surface area (Å²) in [5.74, 6) is -0.0472. The molecule has 1 aromatic carbocycles. The van der Waals surface area contributed by atoms with Gasteiger partial charge < -0.3 is 14.5 Å². The molecule has 3 heterocycles. The van der Waals surface area contributed by atoms with Gasteiger partial charge in [0.2, 0.25) is 5.91 Å². The Morgan fingerprint density at radius 2 is 1.93 bits per heavy atom. The van der Waals surface area contributed by atoms with E-state index in [2.05, 4.69) is 10.3 Å². The van der Waals surface area contributed by atoms with Gasteiger partial charge in [0, 0.05) is 30.6 Å². The molecule has 1 amide bonds. The number of benzene rings is 1. The predicted octanol–water partition coefficient (Wildman–Crippen LogP) is 4.01. The lowest BCUT2D eigenvalue weighted by Crippen LogP contribution is -2.48. The van der Waals surface area contributed by atoms with E-state index >= 15 is 0 Å². The van der Waals surface area contributed by atoms with Gasteiger partial charge in [0.15, 0.2) is 0 Å². The van der Waals surface area contributed by atoms with Crippen molar-refractivity contribution in [3.05, 3.63) is 70.1 Å². The van der Waals surface area contributed by atoms with Crippen LogP contribution in [0, 0.1) is 0 Å². The fraction of sp³-hybridized carbons (Fsp3) is 0.300. The molecule has 3 aromatic rings. The molecule has 5 nitrogen and oxygen atoms in total. The molecule has 4 rings (SSSR count). The summed E-state index contributed by atoms with van der Waals surface area (Å²) in [4.78, 5) is 17.8. The number of hydrogen-bond donors (Lipinski definition) is 1. The number of ether oxygens (including phenoxy) is 1. The van der Waals surface area contributed by atoms with Crippen molar-refractivity contribution in [2.24, 2.45) is 0 Å². The largest absolute Gasteiger partial charge is 0.381 e. The monoisotopic (exact) mass is 403 g/mol. The molecule has 0 radical (unpaired) electrons. The van der Waals surface area contributed by atoms with E-state index in [0.717, 1.165) is 16.9 Å². The molecule has 27 heavy (non-hydrogen) atoms. The van der Waals surface area contributed by atoms with Gasteiger partial charge in [-0.2, -0.15) is 0 Å². The second-order valence-corrected chi connectivity index (χ2v) is 7.55. The minimum absolute atomic E-state index is 0.0472. The van der Waals surface area contributed by atoms with Crippen LogP contribution in [0.3, 0.4) is 0 Å². The zero-order valence-corrected chi connectivity index (χ0v) is 16.1. The highest BCUT2D eigenvalue weighted by atomic mass is 35.5. The SMILES string of the molecule is O=C(NCc1cn2cc(Cl)ccc2n1)C1(c2ccccc2Cl)CCOCC1. The van der Waals surface area contributed by atoms with Gasteiger partial charge in [0.25, 0.3) is 0 Å². The molecule has 0 spiro atoms. The van der Waals surface area contributed by atoms with E-state index in [1.165, 1.54) is 0 Å². The first kappa shape index (κ1) is 18.3. The zero-order valence-electron chi connectivity index (χ0n) is 14.6. The van der Waals surface area contributed by atoms with E-state index in [1.54, 1.807) is 12.3 Å².